The van der Waals surface area contributed by atoms with Crippen LogP contribution < -0.4 is 4.74 Å². The molecule has 0 spiro atoms. The van der Waals surface area contributed by atoms with E-state index in [1.807, 2.05) is 0 Å². The Bertz CT molecular complexity index is 506. The van der Waals surface area contributed by atoms with E-state index in [1.165, 1.54) is 12.1 Å². The van der Waals surface area contributed by atoms with Crippen molar-refractivity contribution in [1.82, 2.24) is 0 Å². The minimum absolute atomic E-state index is 0.116. The fourth-order valence-electron chi connectivity index (χ4n) is 1.24. The fourth-order valence-corrected chi connectivity index (χ4v) is 1.24. The molecule has 0 aromatic heterocycles. The summed E-state index contributed by atoms with van der Waals surface area (Å²) in [7, 11) is 0. The van der Waals surface area contributed by atoms with Gasteiger partial charge in [-0.3, -0.25) is 0 Å². The van der Waals surface area contributed by atoms with E-state index in [2.05, 4.69) is 0 Å². The van der Waals surface area contributed by atoms with E-state index in [1.54, 1.807) is 0 Å². The molecule has 0 bridgehead atoms. The third kappa shape index (κ3) is 2.44. The van der Waals surface area contributed by atoms with Crippen LogP contribution in [0.3, 0.4) is 0 Å². The summed E-state index contributed by atoms with van der Waals surface area (Å²) >= 11 is 0. The first-order valence-corrected chi connectivity index (χ1v) is 4.71. The van der Waals surface area contributed by atoms with Gasteiger partial charge in [0.15, 0.2) is 23.1 Å². The molecule has 5 heteroatoms. The summed E-state index contributed by atoms with van der Waals surface area (Å²) in [4.78, 5) is 0. The van der Waals surface area contributed by atoms with Gasteiger partial charge in [0.05, 0.1) is 0 Å². The predicted octanol–water partition coefficient (Wildman–Crippen LogP) is 3.17. The average Bonchev–Trinajstić information content (AvgIpc) is 2.29. The van der Waals surface area contributed by atoms with Gasteiger partial charge in [-0.25, -0.2) is 8.78 Å². The van der Waals surface area contributed by atoms with Gasteiger partial charge in [0.25, 0.3) is 0 Å². The molecule has 2 rings (SSSR count). The van der Waals surface area contributed by atoms with Gasteiger partial charge in [0.2, 0.25) is 0 Å². The molecule has 2 aromatic carbocycles. The Balaban J connectivity index is 2.25. The Morgan fingerprint density at radius 2 is 1.18 bits per heavy atom. The van der Waals surface area contributed by atoms with Crippen molar-refractivity contribution in [3.05, 3.63) is 48.0 Å². The van der Waals surface area contributed by atoms with E-state index in [9.17, 15) is 8.78 Å². The number of rotatable bonds is 2. The molecular formula is C12H8F2O3. The Morgan fingerprint density at radius 3 is 1.53 bits per heavy atom. The third-order valence-corrected chi connectivity index (χ3v) is 2.07. The van der Waals surface area contributed by atoms with Crippen molar-refractivity contribution in [2.75, 3.05) is 0 Å². The second-order valence-electron chi connectivity index (χ2n) is 3.33. The predicted molar refractivity (Wildman–Crippen MR) is 56.2 cm³/mol. The van der Waals surface area contributed by atoms with Crippen molar-refractivity contribution in [2.45, 2.75) is 0 Å². The SMILES string of the molecule is Oc1ccc(Oc2ccc(O)c(F)c2)cc1F. The number of hydrogen-bond acceptors (Lipinski definition) is 3. The quantitative estimate of drug-likeness (QED) is 0.844. The largest absolute Gasteiger partial charge is 0.505 e. The summed E-state index contributed by atoms with van der Waals surface area (Å²) < 4.78 is 31.1. The van der Waals surface area contributed by atoms with Crippen LogP contribution >= 0.6 is 0 Å². The van der Waals surface area contributed by atoms with Gasteiger partial charge in [-0.05, 0) is 24.3 Å². The zero-order chi connectivity index (χ0) is 12.4. The maximum Gasteiger partial charge on any atom is 0.168 e. The lowest BCUT2D eigenvalue weighted by molar-refractivity contribution is 0.416. The molecule has 0 fully saturated rings. The van der Waals surface area contributed by atoms with Crippen molar-refractivity contribution in [2.24, 2.45) is 0 Å². The van der Waals surface area contributed by atoms with Crippen LogP contribution in [0.15, 0.2) is 36.4 Å². The number of halogens is 2. The summed E-state index contributed by atoms with van der Waals surface area (Å²) in [6, 6.07) is 6.87. The summed E-state index contributed by atoms with van der Waals surface area (Å²) in [5.74, 6) is -2.41. The Morgan fingerprint density at radius 1 is 0.765 bits per heavy atom. The molecule has 2 N–H and O–H groups in total. The minimum Gasteiger partial charge on any atom is -0.505 e. The average molecular weight is 238 g/mol. The molecule has 0 heterocycles. The number of benzene rings is 2. The molecule has 0 radical (unpaired) electrons. The smallest absolute Gasteiger partial charge is 0.168 e. The van der Waals surface area contributed by atoms with Crippen LogP contribution in [-0.4, -0.2) is 10.2 Å². The van der Waals surface area contributed by atoms with E-state index in [0.29, 0.717) is 0 Å². The number of phenolic OH excluding ortho intramolecular Hbond substituents is 2. The van der Waals surface area contributed by atoms with Gasteiger partial charge in [-0.15, -0.1) is 0 Å². The molecule has 0 aliphatic rings. The fraction of sp³-hybridized carbons (Fsp3) is 0. The van der Waals surface area contributed by atoms with Crippen LogP contribution in [0.25, 0.3) is 0 Å². The Hall–Kier alpha value is -2.30. The lowest BCUT2D eigenvalue weighted by atomic mass is 10.3. The molecule has 88 valence electrons. The molecule has 2 aromatic rings. The van der Waals surface area contributed by atoms with E-state index >= 15 is 0 Å². The van der Waals surface area contributed by atoms with Gasteiger partial charge in [-0.1, -0.05) is 0 Å². The maximum atomic E-state index is 13.0. The molecule has 0 aliphatic heterocycles. The monoisotopic (exact) mass is 238 g/mol. The number of ether oxygens (including phenoxy) is 1. The third-order valence-electron chi connectivity index (χ3n) is 2.07. The standard InChI is InChI=1S/C12H8F2O3/c13-9-5-7(1-3-11(9)15)17-8-2-4-12(16)10(14)6-8/h1-6,15-16H. The van der Waals surface area contributed by atoms with Crippen molar-refractivity contribution in [3.8, 4) is 23.0 Å². The molecular weight excluding hydrogens is 230 g/mol. The van der Waals surface area contributed by atoms with Crippen LogP contribution in [0.4, 0.5) is 8.78 Å². The molecule has 0 atom stereocenters. The van der Waals surface area contributed by atoms with Crippen LogP contribution in [0.2, 0.25) is 0 Å². The normalized spacial score (nSPS) is 10.2. The van der Waals surface area contributed by atoms with Gasteiger partial charge in [-0.2, -0.15) is 0 Å². The van der Waals surface area contributed by atoms with Gasteiger partial charge in [0, 0.05) is 12.1 Å². The molecule has 0 saturated heterocycles. The molecule has 17 heavy (non-hydrogen) atoms. The zero-order valence-corrected chi connectivity index (χ0v) is 8.52. The van der Waals surface area contributed by atoms with Crippen molar-refractivity contribution in [1.29, 1.82) is 0 Å². The van der Waals surface area contributed by atoms with Gasteiger partial charge in [0.1, 0.15) is 11.5 Å². The minimum atomic E-state index is -0.832. The highest BCUT2D eigenvalue weighted by Gasteiger charge is 2.06. The van der Waals surface area contributed by atoms with Crippen LogP contribution in [0, 0.1) is 11.6 Å². The van der Waals surface area contributed by atoms with Gasteiger partial charge >= 0.3 is 0 Å². The first-order valence-electron chi connectivity index (χ1n) is 4.71. The van der Waals surface area contributed by atoms with E-state index in [-0.39, 0.29) is 11.5 Å². The van der Waals surface area contributed by atoms with Crippen molar-refractivity contribution < 1.29 is 23.7 Å². The van der Waals surface area contributed by atoms with E-state index in [0.717, 1.165) is 24.3 Å². The molecule has 0 aliphatic carbocycles. The molecule has 0 unspecified atom stereocenters. The lowest BCUT2D eigenvalue weighted by Gasteiger charge is -2.06. The second-order valence-corrected chi connectivity index (χ2v) is 3.33. The first-order chi connectivity index (χ1) is 8.06. The summed E-state index contributed by atoms with van der Waals surface area (Å²) in [5.41, 5.74) is 0. The summed E-state index contributed by atoms with van der Waals surface area (Å²) in [5, 5.41) is 17.9. The van der Waals surface area contributed by atoms with Crippen molar-refractivity contribution >= 4 is 0 Å². The topological polar surface area (TPSA) is 49.7 Å². The highest BCUT2D eigenvalue weighted by molar-refractivity contribution is 5.38. The Kier molecular flexibility index (Phi) is 2.82. The Labute approximate surface area is 95.5 Å². The molecule has 3 nitrogen and oxygen atoms in total. The van der Waals surface area contributed by atoms with E-state index in [4.69, 9.17) is 14.9 Å². The first kappa shape index (κ1) is 11.2. The lowest BCUT2D eigenvalue weighted by Crippen LogP contribution is -1.87. The van der Waals surface area contributed by atoms with Crippen LogP contribution in [0.5, 0.6) is 23.0 Å². The zero-order valence-electron chi connectivity index (χ0n) is 8.52. The van der Waals surface area contributed by atoms with Crippen molar-refractivity contribution in [3.63, 3.8) is 0 Å². The second kappa shape index (κ2) is 4.29. The summed E-state index contributed by atoms with van der Waals surface area (Å²) in [6.45, 7) is 0. The van der Waals surface area contributed by atoms with Crippen LogP contribution in [-0.2, 0) is 0 Å². The van der Waals surface area contributed by atoms with Crippen LogP contribution in [0.1, 0.15) is 0 Å². The summed E-state index contributed by atoms with van der Waals surface area (Å²) in [6.07, 6.45) is 0. The maximum absolute atomic E-state index is 13.0. The van der Waals surface area contributed by atoms with E-state index < -0.39 is 23.1 Å². The number of phenols is 2. The molecule has 0 saturated carbocycles. The number of hydrogen-bond donors (Lipinski definition) is 2. The van der Waals surface area contributed by atoms with Gasteiger partial charge < -0.3 is 14.9 Å². The highest BCUT2D eigenvalue weighted by atomic mass is 19.1. The number of aromatic hydroxyl groups is 2. The highest BCUT2D eigenvalue weighted by Crippen LogP contribution is 2.28. The molecule has 0 amide bonds.